The van der Waals surface area contributed by atoms with Gasteiger partial charge in [0.1, 0.15) is 8.80 Å². The van der Waals surface area contributed by atoms with Crippen LogP contribution in [0.4, 0.5) is 0 Å². The molecule has 200 valence electrons. The molecule has 0 N–H and O–H groups in total. The molecule has 0 unspecified atom stereocenters. The first-order valence-corrected chi connectivity index (χ1v) is 16.8. The average Bonchev–Trinajstić information content (AvgIpc) is 3.07. The molecule has 0 fully saturated rings. The van der Waals surface area contributed by atoms with Gasteiger partial charge < -0.3 is 0 Å². The lowest BCUT2D eigenvalue weighted by molar-refractivity contribution is 1.76. The predicted octanol–water partition coefficient (Wildman–Crippen LogP) is 8.85. The summed E-state index contributed by atoms with van der Waals surface area (Å²) in [5.41, 5.74) is 0. The highest BCUT2D eigenvalue weighted by Gasteiger charge is 2.30. The van der Waals surface area contributed by atoms with Gasteiger partial charge in [-0.3, -0.25) is 0 Å². The van der Waals surface area contributed by atoms with Crippen molar-refractivity contribution in [3.05, 3.63) is 164 Å². The molecular formula is C42H28Si. The Hall–Kier alpha value is -5.24. The van der Waals surface area contributed by atoms with Gasteiger partial charge in [0.25, 0.3) is 0 Å². The minimum absolute atomic E-state index is 1.31. The molecule has 9 rings (SSSR count). The first-order chi connectivity index (χ1) is 21.3. The molecule has 0 heterocycles. The summed E-state index contributed by atoms with van der Waals surface area (Å²) in [4.78, 5) is 0. The Labute approximate surface area is 252 Å². The summed E-state index contributed by atoms with van der Waals surface area (Å²) >= 11 is 0. The molecule has 0 radical (unpaired) electrons. The van der Waals surface area contributed by atoms with Crippen LogP contribution >= 0.6 is 0 Å². The van der Waals surface area contributed by atoms with Crippen LogP contribution < -0.4 is 15.6 Å². The molecule has 0 aliphatic heterocycles. The maximum absolute atomic E-state index is 2.38. The minimum atomic E-state index is -2.21. The van der Waals surface area contributed by atoms with E-state index in [9.17, 15) is 0 Å². The van der Waals surface area contributed by atoms with E-state index in [4.69, 9.17) is 0 Å². The Bertz CT molecular complexity index is 2080. The van der Waals surface area contributed by atoms with Gasteiger partial charge in [-0.15, -0.1) is 0 Å². The maximum Gasteiger partial charge on any atom is 0.137 e. The van der Waals surface area contributed by atoms with E-state index in [1.54, 1.807) is 0 Å². The molecule has 9 aromatic carbocycles. The Balaban J connectivity index is 1.60. The van der Waals surface area contributed by atoms with Crippen LogP contribution in [0.3, 0.4) is 0 Å². The molecule has 0 saturated carbocycles. The van der Waals surface area contributed by atoms with Gasteiger partial charge in [0.2, 0.25) is 0 Å². The van der Waals surface area contributed by atoms with Crippen LogP contribution in [0.1, 0.15) is 0 Å². The number of rotatable bonds is 3. The van der Waals surface area contributed by atoms with Gasteiger partial charge in [-0.1, -0.05) is 146 Å². The van der Waals surface area contributed by atoms with E-state index in [1.165, 1.54) is 80.2 Å². The monoisotopic (exact) mass is 560 g/mol. The Morgan fingerprint density at radius 2 is 0.419 bits per heavy atom. The fraction of sp³-hybridized carbons (Fsp3) is 0. The third kappa shape index (κ3) is 3.75. The second-order valence-corrected chi connectivity index (χ2v) is 14.2. The highest BCUT2D eigenvalue weighted by Crippen LogP contribution is 2.29. The molecule has 0 saturated heterocycles. The summed E-state index contributed by atoms with van der Waals surface area (Å²) < 4.78 is 0. The molecular weight excluding hydrogens is 533 g/mol. The van der Waals surface area contributed by atoms with Crippen LogP contribution in [-0.2, 0) is 0 Å². The lowest BCUT2D eigenvalue weighted by atomic mass is 10.0. The standard InChI is InChI=1S/C42H28Si/c1-7-19-34-28(13-1)25-29-14-2-8-20-35(29)40(34)43(41-36-21-9-3-15-30(36)26-31-16-4-10-22-37(31)41)42-38-23-11-5-17-32(38)27-33-18-6-12-24-39(33)42/h1-27,43H. The van der Waals surface area contributed by atoms with Crippen LogP contribution in [-0.4, -0.2) is 8.80 Å². The zero-order valence-electron chi connectivity index (χ0n) is 23.7. The Kier molecular flexibility index (Phi) is 5.47. The molecule has 0 bridgehead atoms. The predicted molar refractivity (Wildman–Crippen MR) is 190 cm³/mol. The topological polar surface area (TPSA) is 0 Å². The lowest BCUT2D eigenvalue weighted by Crippen LogP contribution is -2.53. The fourth-order valence-electron chi connectivity index (χ4n) is 7.51. The second kappa shape index (κ2) is 9.66. The van der Waals surface area contributed by atoms with Gasteiger partial charge in [0.15, 0.2) is 0 Å². The van der Waals surface area contributed by atoms with E-state index >= 15 is 0 Å². The largest absolute Gasteiger partial charge is 0.137 e. The molecule has 0 aromatic heterocycles. The van der Waals surface area contributed by atoms with Crippen molar-refractivity contribution in [3.63, 3.8) is 0 Å². The number of fused-ring (bicyclic) bond motifs is 6. The third-order valence-corrected chi connectivity index (χ3v) is 12.9. The van der Waals surface area contributed by atoms with Crippen molar-refractivity contribution in [1.29, 1.82) is 0 Å². The van der Waals surface area contributed by atoms with Crippen molar-refractivity contribution < 1.29 is 0 Å². The average molecular weight is 561 g/mol. The minimum Gasteiger partial charge on any atom is -0.0616 e. The van der Waals surface area contributed by atoms with E-state index in [0.717, 1.165) is 0 Å². The van der Waals surface area contributed by atoms with E-state index in [2.05, 4.69) is 164 Å². The highest BCUT2D eigenvalue weighted by molar-refractivity contribution is 7.03. The molecule has 0 atom stereocenters. The second-order valence-electron chi connectivity index (χ2n) is 11.6. The van der Waals surface area contributed by atoms with Crippen molar-refractivity contribution in [3.8, 4) is 0 Å². The van der Waals surface area contributed by atoms with Crippen molar-refractivity contribution in [2.45, 2.75) is 0 Å². The van der Waals surface area contributed by atoms with Crippen LogP contribution in [0, 0.1) is 0 Å². The number of hydrogen-bond acceptors (Lipinski definition) is 0. The van der Waals surface area contributed by atoms with Gasteiger partial charge >= 0.3 is 0 Å². The molecule has 1 heteroatoms. The summed E-state index contributed by atoms with van der Waals surface area (Å²) in [7, 11) is -2.21. The first-order valence-electron chi connectivity index (χ1n) is 15.1. The van der Waals surface area contributed by atoms with Gasteiger partial charge in [-0.2, -0.15) is 0 Å². The van der Waals surface area contributed by atoms with Crippen molar-refractivity contribution in [1.82, 2.24) is 0 Å². The zero-order valence-corrected chi connectivity index (χ0v) is 24.8. The summed E-state index contributed by atoms with van der Waals surface area (Å²) in [6.45, 7) is 0. The van der Waals surface area contributed by atoms with Gasteiger partial charge in [-0.05, 0) is 98.4 Å². The summed E-state index contributed by atoms with van der Waals surface area (Å²) in [5, 5.41) is 20.6. The molecule has 43 heavy (non-hydrogen) atoms. The fourth-order valence-corrected chi connectivity index (χ4v) is 11.8. The first kappa shape index (κ1) is 24.4. The number of benzene rings is 9. The Morgan fingerprint density at radius 1 is 0.233 bits per heavy atom. The molecule has 9 aromatic rings. The SMILES string of the molecule is c1ccc2c([SiH](c3c4ccccc4cc4ccccc34)c3c4ccccc4cc4ccccc34)c3ccccc3cc2c1. The van der Waals surface area contributed by atoms with Gasteiger partial charge in [0, 0.05) is 0 Å². The molecule has 0 spiro atoms. The van der Waals surface area contributed by atoms with Crippen molar-refractivity contribution >= 4 is 89.0 Å². The van der Waals surface area contributed by atoms with E-state index in [0.29, 0.717) is 0 Å². The van der Waals surface area contributed by atoms with Crippen LogP contribution in [0.5, 0.6) is 0 Å². The van der Waals surface area contributed by atoms with E-state index in [1.807, 2.05) is 0 Å². The normalized spacial score (nSPS) is 11.9. The molecule has 0 aliphatic carbocycles. The quantitative estimate of drug-likeness (QED) is 0.115. The van der Waals surface area contributed by atoms with Gasteiger partial charge in [0.05, 0.1) is 0 Å². The van der Waals surface area contributed by atoms with Crippen molar-refractivity contribution in [2.75, 3.05) is 0 Å². The molecule has 0 amide bonds. The summed E-state index contributed by atoms with van der Waals surface area (Å²) in [5.74, 6) is 0. The smallest absolute Gasteiger partial charge is 0.0616 e. The lowest BCUT2D eigenvalue weighted by Gasteiger charge is -2.27. The zero-order chi connectivity index (χ0) is 28.3. The highest BCUT2D eigenvalue weighted by atomic mass is 28.3. The summed E-state index contributed by atoms with van der Waals surface area (Å²) in [6.07, 6.45) is 0. The number of hydrogen-bond donors (Lipinski definition) is 0. The van der Waals surface area contributed by atoms with E-state index < -0.39 is 8.80 Å². The van der Waals surface area contributed by atoms with Gasteiger partial charge in [-0.25, -0.2) is 0 Å². The van der Waals surface area contributed by atoms with Crippen LogP contribution in [0.15, 0.2) is 164 Å². The van der Waals surface area contributed by atoms with Crippen LogP contribution in [0.2, 0.25) is 0 Å². The van der Waals surface area contributed by atoms with E-state index in [-0.39, 0.29) is 0 Å². The summed E-state index contributed by atoms with van der Waals surface area (Å²) in [6, 6.07) is 61.4. The molecule has 0 nitrogen and oxygen atoms in total. The third-order valence-electron chi connectivity index (χ3n) is 9.30. The Morgan fingerprint density at radius 3 is 0.628 bits per heavy atom. The maximum atomic E-state index is 2.38. The van der Waals surface area contributed by atoms with Crippen LogP contribution in [0.25, 0.3) is 64.6 Å². The molecule has 0 aliphatic rings. The van der Waals surface area contributed by atoms with Crippen molar-refractivity contribution in [2.24, 2.45) is 0 Å².